The Morgan fingerprint density at radius 3 is 2.44 bits per heavy atom. The molecule has 1 unspecified atom stereocenters. The van der Waals surface area contributed by atoms with Crippen LogP contribution in [0.2, 0.25) is 0 Å². The first-order chi connectivity index (χ1) is 8.40. The number of rotatable bonds is 1. The predicted molar refractivity (Wildman–Crippen MR) is 71.3 cm³/mol. The third-order valence-corrected chi connectivity index (χ3v) is 4.55. The van der Waals surface area contributed by atoms with Crippen molar-refractivity contribution in [3.05, 3.63) is 0 Å². The smallest absolute Gasteiger partial charge is 0.226 e. The van der Waals surface area contributed by atoms with E-state index in [1.807, 2.05) is 4.90 Å². The van der Waals surface area contributed by atoms with Crippen molar-refractivity contribution in [1.82, 2.24) is 9.80 Å². The maximum atomic E-state index is 12.6. The summed E-state index contributed by atoms with van der Waals surface area (Å²) in [5, 5.41) is 9.80. The van der Waals surface area contributed by atoms with Gasteiger partial charge in [0.05, 0.1) is 6.10 Å². The summed E-state index contributed by atoms with van der Waals surface area (Å²) in [6.07, 6.45) is 3.28. The SMILES string of the molecule is CN1CCC(C(=O)N2CC(O)CCC2(C)C)CC1. The van der Waals surface area contributed by atoms with Crippen molar-refractivity contribution in [1.29, 1.82) is 0 Å². The number of β-amino-alcohol motifs (C(OH)–C–C–N with tert-alkyl or cyclic N) is 1. The van der Waals surface area contributed by atoms with Gasteiger partial charge in [0.25, 0.3) is 0 Å². The van der Waals surface area contributed by atoms with Crippen molar-refractivity contribution in [2.45, 2.75) is 51.2 Å². The largest absolute Gasteiger partial charge is 0.391 e. The van der Waals surface area contributed by atoms with Crippen LogP contribution < -0.4 is 0 Å². The quantitative estimate of drug-likeness (QED) is 0.762. The van der Waals surface area contributed by atoms with E-state index in [4.69, 9.17) is 0 Å². The Morgan fingerprint density at radius 1 is 1.22 bits per heavy atom. The first-order valence-electron chi connectivity index (χ1n) is 7.08. The minimum absolute atomic E-state index is 0.0976. The highest BCUT2D eigenvalue weighted by molar-refractivity contribution is 5.80. The number of carbonyl (C=O) groups excluding carboxylic acids is 1. The topological polar surface area (TPSA) is 43.8 Å². The molecule has 2 fully saturated rings. The highest BCUT2D eigenvalue weighted by Crippen LogP contribution is 2.31. The molecule has 2 aliphatic rings. The second-order valence-electron chi connectivity index (χ2n) is 6.53. The van der Waals surface area contributed by atoms with Gasteiger partial charge in [-0.2, -0.15) is 0 Å². The molecule has 2 heterocycles. The molecule has 0 saturated carbocycles. The number of hydrogen-bond acceptors (Lipinski definition) is 3. The van der Waals surface area contributed by atoms with Gasteiger partial charge in [0.15, 0.2) is 0 Å². The molecule has 1 amide bonds. The summed E-state index contributed by atoms with van der Waals surface area (Å²) in [5.74, 6) is 0.414. The maximum Gasteiger partial charge on any atom is 0.226 e. The third kappa shape index (κ3) is 2.86. The van der Waals surface area contributed by atoms with Crippen molar-refractivity contribution < 1.29 is 9.90 Å². The molecule has 0 aliphatic carbocycles. The van der Waals surface area contributed by atoms with Crippen LogP contribution in [0.1, 0.15) is 39.5 Å². The first-order valence-corrected chi connectivity index (χ1v) is 7.08. The van der Waals surface area contributed by atoms with Crippen LogP contribution in [0, 0.1) is 5.92 Å². The van der Waals surface area contributed by atoms with Gasteiger partial charge in [-0.25, -0.2) is 0 Å². The Labute approximate surface area is 110 Å². The fraction of sp³-hybridized carbons (Fsp3) is 0.929. The zero-order chi connectivity index (χ0) is 13.3. The monoisotopic (exact) mass is 254 g/mol. The molecule has 4 nitrogen and oxygen atoms in total. The maximum absolute atomic E-state index is 12.6. The van der Waals surface area contributed by atoms with Crippen LogP contribution in [-0.4, -0.2) is 59.1 Å². The van der Waals surface area contributed by atoms with Crippen LogP contribution in [-0.2, 0) is 4.79 Å². The average Bonchev–Trinajstić information content (AvgIpc) is 2.32. The van der Waals surface area contributed by atoms with Gasteiger partial charge in [-0.1, -0.05) is 0 Å². The van der Waals surface area contributed by atoms with Gasteiger partial charge >= 0.3 is 0 Å². The molecule has 4 heteroatoms. The van der Waals surface area contributed by atoms with Crippen molar-refractivity contribution in [3.8, 4) is 0 Å². The molecule has 2 aliphatic heterocycles. The average molecular weight is 254 g/mol. The van der Waals surface area contributed by atoms with Gasteiger partial charge in [-0.3, -0.25) is 4.79 Å². The van der Waals surface area contributed by atoms with Crippen molar-refractivity contribution in [2.24, 2.45) is 5.92 Å². The van der Waals surface area contributed by atoms with Crippen molar-refractivity contribution >= 4 is 5.91 Å². The highest BCUT2D eigenvalue weighted by atomic mass is 16.3. The first kappa shape index (κ1) is 13.8. The van der Waals surface area contributed by atoms with E-state index in [0.717, 1.165) is 38.8 Å². The highest BCUT2D eigenvalue weighted by Gasteiger charge is 2.39. The lowest BCUT2D eigenvalue weighted by Crippen LogP contribution is -2.57. The zero-order valence-corrected chi connectivity index (χ0v) is 11.9. The Balaban J connectivity index is 2.02. The van der Waals surface area contributed by atoms with Crippen LogP contribution in [0.25, 0.3) is 0 Å². The zero-order valence-electron chi connectivity index (χ0n) is 11.9. The predicted octanol–water partition coefficient (Wildman–Crippen LogP) is 1.09. The van der Waals surface area contributed by atoms with Gasteiger partial charge < -0.3 is 14.9 Å². The normalized spacial score (nSPS) is 30.4. The minimum atomic E-state index is -0.340. The van der Waals surface area contributed by atoms with Crippen LogP contribution >= 0.6 is 0 Å². The van der Waals surface area contributed by atoms with E-state index < -0.39 is 0 Å². The number of amides is 1. The molecule has 2 rings (SSSR count). The standard InChI is InChI=1S/C14H26N2O2/c1-14(2)7-4-12(17)10-16(14)13(18)11-5-8-15(3)9-6-11/h11-12,17H,4-10H2,1-3H3. The number of aliphatic hydroxyl groups is 1. The van der Waals surface area contributed by atoms with E-state index in [2.05, 4.69) is 25.8 Å². The van der Waals surface area contributed by atoms with E-state index in [-0.39, 0.29) is 23.5 Å². The number of likely N-dealkylation sites (tertiary alicyclic amines) is 2. The Hall–Kier alpha value is -0.610. The van der Waals surface area contributed by atoms with Gasteiger partial charge in [0.2, 0.25) is 5.91 Å². The Bertz CT molecular complexity index is 309. The number of piperidine rings is 2. The van der Waals surface area contributed by atoms with Crippen molar-refractivity contribution in [2.75, 3.05) is 26.7 Å². The van der Waals surface area contributed by atoms with Gasteiger partial charge in [0.1, 0.15) is 0 Å². The van der Waals surface area contributed by atoms with Crippen LogP contribution in [0.15, 0.2) is 0 Å². The van der Waals surface area contributed by atoms with Gasteiger partial charge in [-0.05, 0) is 59.7 Å². The molecule has 0 bridgehead atoms. The summed E-state index contributed by atoms with van der Waals surface area (Å²) in [5.41, 5.74) is -0.0976. The molecule has 1 atom stereocenters. The molecule has 0 aromatic rings. The van der Waals surface area contributed by atoms with E-state index in [9.17, 15) is 9.90 Å². The van der Waals surface area contributed by atoms with E-state index in [0.29, 0.717) is 6.54 Å². The molecule has 0 aromatic heterocycles. The summed E-state index contributed by atoms with van der Waals surface area (Å²) in [6, 6.07) is 0. The van der Waals surface area contributed by atoms with Crippen molar-refractivity contribution in [3.63, 3.8) is 0 Å². The Morgan fingerprint density at radius 2 is 1.83 bits per heavy atom. The van der Waals surface area contributed by atoms with E-state index in [1.54, 1.807) is 0 Å². The van der Waals surface area contributed by atoms with Gasteiger partial charge in [0, 0.05) is 18.0 Å². The van der Waals surface area contributed by atoms with Crippen LogP contribution in [0.3, 0.4) is 0 Å². The lowest BCUT2D eigenvalue weighted by molar-refractivity contribution is -0.148. The van der Waals surface area contributed by atoms with Crippen LogP contribution in [0.5, 0.6) is 0 Å². The number of nitrogens with zero attached hydrogens (tertiary/aromatic N) is 2. The molecule has 1 N–H and O–H groups in total. The summed E-state index contributed by atoms with van der Waals surface area (Å²) in [6.45, 7) is 6.76. The fourth-order valence-corrected chi connectivity index (χ4v) is 3.07. The molecule has 0 radical (unpaired) electrons. The molecular weight excluding hydrogens is 228 g/mol. The molecule has 0 aromatic carbocycles. The van der Waals surface area contributed by atoms with E-state index >= 15 is 0 Å². The lowest BCUT2D eigenvalue weighted by atomic mass is 9.86. The Kier molecular flexibility index (Phi) is 3.97. The van der Waals surface area contributed by atoms with Crippen LogP contribution in [0.4, 0.5) is 0 Å². The summed E-state index contributed by atoms with van der Waals surface area (Å²) >= 11 is 0. The third-order valence-electron chi connectivity index (χ3n) is 4.55. The number of aliphatic hydroxyl groups excluding tert-OH is 1. The molecule has 104 valence electrons. The fourth-order valence-electron chi connectivity index (χ4n) is 3.07. The summed E-state index contributed by atoms with van der Waals surface area (Å²) in [7, 11) is 2.11. The van der Waals surface area contributed by atoms with E-state index in [1.165, 1.54) is 0 Å². The summed E-state index contributed by atoms with van der Waals surface area (Å²) < 4.78 is 0. The molecule has 18 heavy (non-hydrogen) atoms. The molecule has 0 spiro atoms. The second-order valence-corrected chi connectivity index (χ2v) is 6.53. The summed E-state index contributed by atoms with van der Waals surface area (Å²) in [4.78, 5) is 16.8. The lowest BCUT2D eigenvalue weighted by Gasteiger charge is -2.46. The number of carbonyl (C=O) groups is 1. The number of hydrogen-bond donors (Lipinski definition) is 1. The molecular formula is C14H26N2O2. The minimum Gasteiger partial charge on any atom is -0.391 e. The van der Waals surface area contributed by atoms with Gasteiger partial charge in [-0.15, -0.1) is 0 Å². The second kappa shape index (κ2) is 5.17. The molecule has 2 saturated heterocycles.